The van der Waals surface area contributed by atoms with Crippen molar-refractivity contribution in [1.29, 1.82) is 0 Å². The summed E-state index contributed by atoms with van der Waals surface area (Å²) in [6.07, 6.45) is 1.57. The number of ether oxygens (including phenoxy) is 2. The smallest absolute Gasteiger partial charge is 0.316 e. The molecule has 0 saturated carbocycles. The third-order valence-electron chi connectivity index (χ3n) is 2.14. The second-order valence-electron chi connectivity index (χ2n) is 3.05. The van der Waals surface area contributed by atoms with Crippen molar-refractivity contribution in [2.75, 3.05) is 20.3 Å². The van der Waals surface area contributed by atoms with Gasteiger partial charge < -0.3 is 9.47 Å². The van der Waals surface area contributed by atoms with Crippen molar-refractivity contribution in [3.8, 4) is 0 Å². The maximum absolute atomic E-state index is 11.4. The van der Waals surface area contributed by atoms with Gasteiger partial charge in [0.2, 0.25) is 0 Å². The first-order valence-electron chi connectivity index (χ1n) is 4.44. The molecule has 0 aliphatic carbocycles. The molecule has 0 aromatic carbocycles. The van der Waals surface area contributed by atoms with Gasteiger partial charge in [-0.3, -0.25) is 9.59 Å². The first-order valence-corrected chi connectivity index (χ1v) is 4.44. The van der Waals surface area contributed by atoms with Crippen LogP contribution >= 0.6 is 0 Å². The maximum atomic E-state index is 11.4. The van der Waals surface area contributed by atoms with E-state index in [2.05, 4.69) is 4.74 Å². The van der Waals surface area contributed by atoms with Crippen molar-refractivity contribution < 1.29 is 19.1 Å². The van der Waals surface area contributed by atoms with E-state index in [0.717, 1.165) is 0 Å². The SMILES string of the molecule is COC(=O)[C@H]1CCOCCCC1=O. The molecule has 1 saturated heterocycles. The molecule has 1 fully saturated rings. The minimum atomic E-state index is -0.606. The zero-order valence-electron chi connectivity index (χ0n) is 7.75. The van der Waals surface area contributed by atoms with Crippen LogP contribution in [0.15, 0.2) is 0 Å². The van der Waals surface area contributed by atoms with E-state index in [-0.39, 0.29) is 5.78 Å². The summed E-state index contributed by atoms with van der Waals surface area (Å²) < 4.78 is 9.73. The molecule has 0 unspecified atom stereocenters. The van der Waals surface area contributed by atoms with Crippen LogP contribution in [0, 0.1) is 5.92 Å². The number of rotatable bonds is 1. The van der Waals surface area contributed by atoms with Crippen molar-refractivity contribution in [3.05, 3.63) is 0 Å². The van der Waals surface area contributed by atoms with Crippen molar-refractivity contribution in [3.63, 3.8) is 0 Å². The first-order chi connectivity index (χ1) is 6.25. The molecule has 74 valence electrons. The predicted molar refractivity (Wildman–Crippen MR) is 45.2 cm³/mol. The van der Waals surface area contributed by atoms with Gasteiger partial charge in [-0.2, -0.15) is 0 Å². The van der Waals surface area contributed by atoms with E-state index in [9.17, 15) is 9.59 Å². The van der Waals surface area contributed by atoms with E-state index >= 15 is 0 Å². The number of ketones is 1. The number of carbonyl (C=O) groups excluding carboxylic acids is 2. The van der Waals surface area contributed by atoms with Gasteiger partial charge >= 0.3 is 5.97 Å². The fraction of sp³-hybridized carbons (Fsp3) is 0.778. The van der Waals surface area contributed by atoms with Crippen molar-refractivity contribution in [1.82, 2.24) is 0 Å². The van der Waals surface area contributed by atoms with E-state index in [1.54, 1.807) is 0 Å². The summed E-state index contributed by atoms with van der Waals surface area (Å²) >= 11 is 0. The highest BCUT2D eigenvalue weighted by Crippen LogP contribution is 2.13. The lowest BCUT2D eigenvalue weighted by atomic mass is 9.96. The minimum absolute atomic E-state index is 0.0184. The topological polar surface area (TPSA) is 52.6 Å². The van der Waals surface area contributed by atoms with Crippen LogP contribution in [0.3, 0.4) is 0 Å². The van der Waals surface area contributed by atoms with Gasteiger partial charge in [0.05, 0.1) is 7.11 Å². The van der Waals surface area contributed by atoms with Crippen LogP contribution < -0.4 is 0 Å². The van der Waals surface area contributed by atoms with E-state index in [0.29, 0.717) is 32.5 Å². The fourth-order valence-corrected chi connectivity index (χ4v) is 1.38. The minimum Gasteiger partial charge on any atom is -0.468 e. The molecule has 0 bridgehead atoms. The van der Waals surface area contributed by atoms with E-state index < -0.39 is 11.9 Å². The third-order valence-corrected chi connectivity index (χ3v) is 2.14. The number of hydrogen-bond donors (Lipinski definition) is 0. The first kappa shape index (κ1) is 10.2. The summed E-state index contributed by atoms with van der Waals surface area (Å²) in [5.41, 5.74) is 0. The molecule has 4 heteroatoms. The summed E-state index contributed by atoms with van der Waals surface area (Å²) in [5, 5.41) is 0. The Morgan fingerprint density at radius 2 is 2.31 bits per heavy atom. The molecule has 13 heavy (non-hydrogen) atoms. The van der Waals surface area contributed by atoms with E-state index in [1.165, 1.54) is 7.11 Å². The maximum Gasteiger partial charge on any atom is 0.316 e. The monoisotopic (exact) mass is 186 g/mol. The Balaban J connectivity index is 2.56. The van der Waals surface area contributed by atoms with E-state index in [1.807, 2.05) is 0 Å². The summed E-state index contributed by atoms with van der Waals surface area (Å²) in [6.45, 7) is 1.07. The van der Waals surface area contributed by atoms with Gasteiger partial charge in [0, 0.05) is 19.6 Å². The zero-order valence-corrected chi connectivity index (χ0v) is 7.75. The van der Waals surface area contributed by atoms with Crippen molar-refractivity contribution >= 4 is 11.8 Å². The van der Waals surface area contributed by atoms with Gasteiger partial charge in [0.25, 0.3) is 0 Å². The molecule has 4 nitrogen and oxygen atoms in total. The highest BCUT2D eigenvalue weighted by Gasteiger charge is 2.27. The summed E-state index contributed by atoms with van der Waals surface area (Å²) in [6, 6.07) is 0. The van der Waals surface area contributed by atoms with Gasteiger partial charge in [-0.05, 0) is 12.8 Å². The molecule has 0 radical (unpaired) electrons. The highest BCUT2D eigenvalue weighted by atomic mass is 16.5. The molecule has 1 heterocycles. The molecule has 0 N–H and O–H groups in total. The Labute approximate surface area is 77.2 Å². The average Bonchev–Trinajstić information content (AvgIpc) is 2.11. The molecule has 0 spiro atoms. The van der Waals surface area contributed by atoms with Crippen LogP contribution in [0.25, 0.3) is 0 Å². The number of Topliss-reactive ketones (excluding diaryl/α,β-unsaturated/α-hetero) is 1. The zero-order chi connectivity index (χ0) is 9.68. The number of carbonyl (C=O) groups is 2. The van der Waals surface area contributed by atoms with Crippen molar-refractivity contribution in [2.45, 2.75) is 19.3 Å². The largest absolute Gasteiger partial charge is 0.468 e. The third kappa shape index (κ3) is 2.81. The Hall–Kier alpha value is -0.900. The summed E-state index contributed by atoms with van der Waals surface area (Å²) in [7, 11) is 1.30. The summed E-state index contributed by atoms with van der Waals surface area (Å²) in [5.74, 6) is -1.06. The molecule has 1 aliphatic rings. The standard InChI is InChI=1S/C9H14O4/c1-12-9(11)7-4-6-13-5-2-3-8(7)10/h7H,2-6H2,1H3/t7-/m0/s1. The molecule has 1 aliphatic heterocycles. The molecule has 0 amide bonds. The van der Waals surface area contributed by atoms with Gasteiger partial charge in [0.1, 0.15) is 11.7 Å². The van der Waals surface area contributed by atoms with Crippen molar-refractivity contribution in [2.24, 2.45) is 5.92 Å². The molecular formula is C9H14O4. The lowest BCUT2D eigenvalue weighted by Crippen LogP contribution is -2.28. The average molecular weight is 186 g/mol. The van der Waals surface area contributed by atoms with Gasteiger partial charge in [-0.15, -0.1) is 0 Å². The van der Waals surface area contributed by atoms with Crippen LogP contribution in [0.1, 0.15) is 19.3 Å². The van der Waals surface area contributed by atoms with Crippen LogP contribution in [-0.4, -0.2) is 32.1 Å². The lowest BCUT2D eigenvalue weighted by Gasteiger charge is -2.16. The van der Waals surface area contributed by atoms with Gasteiger partial charge in [-0.25, -0.2) is 0 Å². The van der Waals surface area contributed by atoms with E-state index in [4.69, 9.17) is 4.74 Å². The van der Waals surface area contributed by atoms with Crippen LogP contribution in [0.4, 0.5) is 0 Å². The van der Waals surface area contributed by atoms with Crippen LogP contribution in [0.2, 0.25) is 0 Å². The Kier molecular flexibility index (Phi) is 3.89. The number of esters is 1. The molecule has 0 aromatic heterocycles. The quantitative estimate of drug-likeness (QED) is 0.443. The van der Waals surface area contributed by atoms with Crippen LogP contribution in [0.5, 0.6) is 0 Å². The predicted octanol–water partition coefficient (Wildman–Crippen LogP) is 0.545. The Morgan fingerprint density at radius 1 is 1.54 bits per heavy atom. The Bertz CT molecular complexity index is 200. The fourth-order valence-electron chi connectivity index (χ4n) is 1.38. The molecular weight excluding hydrogens is 172 g/mol. The second-order valence-corrected chi connectivity index (χ2v) is 3.05. The van der Waals surface area contributed by atoms with Gasteiger partial charge in [0.15, 0.2) is 0 Å². The normalized spacial score (nSPS) is 24.7. The molecule has 1 atom stereocenters. The van der Waals surface area contributed by atoms with Crippen LogP contribution in [-0.2, 0) is 19.1 Å². The molecule has 1 rings (SSSR count). The number of methoxy groups -OCH3 is 1. The molecule has 0 aromatic rings. The number of hydrogen-bond acceptors (Lipinski definition) is 4. The summed E-state index contributed by atoms with van der Waals surface area (Å²) in [4.78, 5) is 22.6. The second kappa shape index (κ2) is 4.97. The lowest BCUT2D eigenvalue weighted by molar-refractivity contribution is -0.150. The Morgan fingerprint density at radius 3 is 3.00 bits per heavy atom. The highest BCUT2D eigenvalue weighted by molar-refractivity contribution is 5.98. The van der Waals surface area contributed by atoms with Gasteiger partial charge in [-0.1, -0.05) is 0 Å².